The third kappa shape index (κ3) is 5.95. The molecule has 4 rings (SSSR count). The van der Waals surface area contributed by atoms with Gasteiger partial charge in [-0.15, -0.1) is 0 Å². The second-order valence-corrected chi connectivity index (χ2v) is 19.5. The summed E-state index contributed by atoms with van der Waals surface area (Å²) in [6.07, 6.45) is -2.06. The molecule has 0 bridgehead atoms. The second-order valence-electron chi connectivity index (χ2n) is 10.7. The van der Waals surface area contributed by atoms with Crippen molar-refractivity contribution < 1.29 is 43.2 Å². The Bertz CT molecular complexity index is 2060. The molecule has 0 radical (unpaired) electrons. The molecule has 46 heavy (non-hydrogen) atoms. The molecule has 0 saturated carbocycles. The zero-order valence-electron chi connectivity index (χ0n) is 25.1. The Morgan fingerprint density at radius 3 is 0.978 bits per heavy atom. The van der Waals surface area contributed by atoms with Gasteiger partial charge in [-0.1, -0.05) is 70.8 Å². The van der Waals surface area contributed by atoms with Crippen LogP contribution in [0, 0.1) is 27.7 Å². The van der Waals surface area contributed by atoms with Crippen molar-refractivity contribution >= 4 is 45.4 Å². The molecule has 0 spiro atoms. The van der Waals surface area contributed by atoms with E-state index in [-0.39, 0.29) is 0 Å². The van der Waals surface area contributed by atoms with Crippen molar-refractivity contribution in [2.75, 3.05) is 0 Å². The van der Waals surface area contributed by atoms with Gasteiger partial charge in [0.15, 0.2) is 0 Å². The lowest BCUT2D eigenvalue weighted by Gasteiger charge is -2.37. The van der Waals surface area contributed by atoms with E-state index in [1.807, 2.05) is 0 Å². The smallest absolute Gasteiger partial charge is 0.407 e. The minimum Gasteiger partial charge on any atom is -0.408 e. The van der Waals surface area contributed by atoms with E-state index >= 15 is 0 Å². The van der Waals surface area contributed by atoms with Gasteiger partial charge in [-0.2, -0.15) is 0 Å². The van der Waals surface area contributed by atoms with Gasteiger partial charge in [0.2, 0.25) is 43.9 Å². The molecular weight excluding hydrogens is 675 g/mol. The lowest BCUT2D eigenvalue weighted by atomic mass is 10.2. The maximum Gasteiger partial charge on any atom is 0.407 e. The normalized spacial score (nSPS) is 13.0. The summed E-state index contributed by atoms with van der Waals surface area (Å²) in [7, 11) is -22.9. The Morgan fingerprint density at radius 1 is 0.500 bits per heavy atom. The molecule has 0 aliphatic carbocycles. The molecule has 0 aliphatic rings. The number of amides is 1. The first kappa shape index (κ1) is 34.8. The van der Waals surface area contributed by atoms with Gasteiger partial charge in [0, 0.05) is 0 Å². The first-order chi connectivity index (χ1) is 21.3. The number of hydrogen-bond donors (Lipinski definition) is 1. The lowest BCUT2D eigenvalue weighted by Crippen LogP contribution is -2.63. The Labute approximate surface area is 268 Å². The zero-order chi connectivity index (χ0) is 34.3. The van der Waals surface area contributed by atoms with Crippen LogP contribution in [0.25, 0.3) is 0 Å². The number of nitrogens with two attached hydrogens (primary N) is 1. The molecule has 11 nitrogen and oxygen atoms in total. The van der Waals surface area contributed by atoms with Crippen molar-refractivity contribution in [1.82, 2.24) is 0 Å². The summed E-state index contributed by atoms with van der Waals surface area (Å²) in [6.45, 7) is 6.42. The number of rotatable bonds is 10. The van der Waals surface area contributed by atoms with Gasteiger partial charge in [-0.3, -0.25) is 0 Å². The van der Waals surface area contributed by atoms with Crippen LogP contribution in [0.4, 0.5) is 4.79 Å². The number of carbonyl (C=O) groups excluding carboxylic acids is 1. The zero-order valence-corrected chi connectivity index (χ0v) is 28.4. The fourth-order valence-corrected chi connectivity index (χ4v) is 16.4. The molecular formula is C31H31NO10S4. The maximum absolute atomic E-state index is 14.9. The highest BCUT2D eigenvalue weighted by atomic mass is 32.3. The van der Waals surface area contributed by atoms with Crippen LogP contribution in [0.3, 0.4) is 0 Å². The van der Waals surface area contributed by atoms with Gasteiger partial charge in [0.05, 0.1) is 19.6 Å². The van der Waals surface area contributed by atoms with Crippen LogP contribution < -0.4 is 5.73 Å². The Balaban J connectivity index is 2.33. The van der Waals surface area contributed by atoms with Crippen LogP contribution in [0.5, 0.6) is 0 Å². The van der Waals surface area contributed by atoms with Crippen molar-refractivity contribution in [3.8, 4) is 0 Å². The minimum absolute atomic E-state index is 0.526. The molecule has 4 aromatic carbocycles. The first-order valence-corrected chi connectivity index (χ1v) is 19.6. The van der Waals surface area contributed by atoms with E-state index in [1.54, 1.807) is 27.7 Å². The number of aryl methyl sites for hydroxylation is 4. The minimum atomic E-state index is -5.86. The van der Waals surface area contributed by atoms with Gasteiger partial charge < -0.3 is 10.5 Å². The molecule has 0 unspecified atom stereocenters. The molecule has 4 aromatic rings. The van der Waals surface area contributed by atoms with E-state index in [9.17, 15) is 38.5 Å². The fourth-order valence-electron chi connectivity index (χ4n) is 4.71. The van der Waals surface area contributed by atoms with E-state index in [0.717, 1.165) is 48.5 Å². The SMILES string of the molecule is Cc1ccc(S(=O)(=O)C(C(OC(N)=O)(S(=O)(=O)c2ccc(C)cc2)S(=O)(=O)c2ccc(C)cc2)S(=O)(=O)c2ccc(C)cc2)cc1. The molecule has 0 saturated heterocycles. The van der Waals surface area contributed by atoms with Crippen LogP contribution in [-0.2, 0) is 44.1 Å². The topological polar surface area (TPSA) is 189 Å². The molecule has 0 heterocycles. The second kappa shape index (κ2) is 12.3. The third-order valence-electron chi connectivity index (χ3n) is 7.21. The molecule has 1 amide bonds. The molecule has 15 heteroatoms. The van der Waals surface area contributed by atoms with Gasteiger partial charge in [-0.25, -0.2) is 38.5 Å². The molecule has 0 fully saturated rings. The highest BCUT2D eigenvalue weighted by Crippen LogP contribution is 2.47. The van der Waals surface area contributed by atoms with Crippen molar-refractivity contribution in [2.45, 2.75) is 56.1 Å². The number of ether oxygens (including phenoxy) is 1. The summed E-state index contributed by atoms with van der Waals surface area (Å²) < 4.78 is 115. The van der Waals surface area contributed by atoms with E-state index in [0.29, 0.717) is 22.3 Å². The van der Waals surface area contributed by atoms with Crippen LogP contribution in [0.15, 0.2) is 117 Å². The summed E-state index contributed by atoms with van der Waals surface area (Å²) >= 11 is 0. The molecule has 0 atom stereocenters. The van der Waals surface area contributed by atoms with E-state index in [2.05, 4.69) is 0 Å². The number of benzene rings is 4. The quantitative estimate of drug-likeness (QED) is 0.251. The number of carbonyl (C=O) groups is 1. The number of sulfone groups is 4. The summed E-state index contributed by atoms with van der Waals surface area (Å²) in [5.41, 5.74) is 7.49. The van der Waals surface area contributed by atoms with Crippen LogP contribution in [0.2, 0.25) is 0 Å². The summed E-state index contributed by atoms with van der Waals surface area (Å²) in [5.74, 6) is 0. The summed E-state index contributed by atoms with van der Waals surface area (Å²) in [6, 6.07) is 18.1. The summed E-state index contributed by atoms with van der Waals surface area (Å²) in [5, 5.41) is 0. The van der Waals surface area contributed by atoms with Crippen molar-refractivity contribution in [1.29, 1.82) is 0 Å². The average Bonchev–Trinajstić information content (AvgIpc) is 2.97. The highest BCUT2D eigenvalue weighted by Gasteiger charge is 2.73. The van der Waals surface area contributed by atoms with Crippen LogP contribution in [-0.4, -0.2) is 48.6 Å². The average molecular weight is 706 g/mol. The van der Waals surface area contributed by atoms with Gasteiger partial charge in [-0.05, 0) is 76.2 Å². The van der Waals surface area contributed by atoms with Crippen molar-refractivity contribution in [2.24, 2.45) is 5.73 Å². The largest absolute Gasteiger partial charge is 0.408 e. The third-order valence-corrected chi connectivity index (χ3v) is 18.2. The molecule has 2 N–H and O–H groups in total. The predicted octanol–water partition coefficient (Wildman–Crippen LogP) is 4.19. The molecule has 0 aromatic heterocycles. The van der Waals surface area contributed by atoms with E-state index in [1.165, 1.54) is 48.5 Å². The van der Waals surface area contributed by atoms with Crippen LogP contribution >= 0.6 is 0 Å². The number of primary amides is 1. The maximum atomic E-state index is 14.9. The fraction of sp³-hybridized carbons (Fsp3) is 0.194. The van der Waals surface area contributed by atoms with E-state index < -0.39 is 73.9 Å². The monoisotopic (exact) mass is 705 g/mol. The predicted molar refractivity (Wildman–Crippen MR) is 171 cm³/mol. The Kier molecular flexibility index (Phi) is 9.30. The Morgan fingerprint density at radius 2 is 0.739 bits per heavy atom. The lowest BCUT2D eigenvalue weighted by molar-refractivity contribution is 0.126. The number of hydrogen-bond acceptors (Lipinski definition) is 10. The molecule has 0 aliphatic heterocycles. The van der Waals surface area contributed by atoms with Gasteiger partial charge in [0.1, 0.15) is 0 Å². The van der Waals surface area contributed by atoms with Crippen LogP contribution in [0.1, 0.15) is 22.3 Å². The Hall–Kier alpha value is -4.05. The summed E-state index contributed by atoms with van der Waals surface area (Å²) in [4.78, 5) is 9.47. The van der Waals surface area contributed by atoms with Crippen molar-refractivity contribution in [3.05, 3.63) is 119 Å². The van der Waals surface area contributed by atoms with Gasteiger partial charge >= 0.3 is 10.4 Å². The first-order valence-electron chi connectivity index (χ1n) is 13.5. The van der Waals surface area contributed by atoms with Gasteiger partial charge in [0.25, 0.3) is 0 Å². The standard InChI is InChI=1S/C31H31NO10S4/c1-21-5-13-25(14-6-21)43(34,35)29(44(36,37)26-15-7-22(2)8-16-26)31(42-30(32)33,45(38,39)27-17-9-23(3)10-18-27)46(40,41)28-19-11-24(4)12-20-28/h5-20,29H,1-4H3,(H2,32,33). The molecule has 244 valence electrons. The highest BCUT2D eigenvalue weighted by molar-refractivity contribution is 8.16. The van der Waals surface area contributed by atoms with E-state index in [4.69, 9.17) is 10.5 Å². The van der Waals surface area contributed by atoms with Crippen molar-refractivity contribution in [3.63, 3.8) is 0 Å².